The van der Waals surface area contributed by atoms with E-state index in [9.17, 15) is 9.59 Å². The van der Waals surface area contributed by atoms with E-state index >= 15 is 0 Å². The third kappa shape index (κ3) is 7.05. The van der Waals surface area contributed by atoms with Gasteiger partial charge in [-0.3, -0.25) is 9.59 Å². The van der Waals surface area contributed by atoms with E-state index in [1.807, 2.05) is 38.1 Å². The molecule has 156 valence electrons. The predicted molar refractivity (Wildman–Crippen MR) is 119 cm³/mol. The summed E-state index contributed by atoms with van der Waals surface area (Å²) in [5.74, 6) is -0.0567. The van der Waals surface area contributed by atoms with Gasteiger partial charge in [0, 0.05) is 17.1 Å². The maximum atomic E-state index is 13.0. The van der Waals surface area contributed by atoms with Gasteiger partial charge in [-0.15, -0.1) is 0 Å². The number of hydrogen-bond donors (Lipinski definition) is 1. The van der Waals surface area contributed by atoms with E-state index < -0.39 is 6.04 Å². The first kappa shape index (κ1) is 23.2. The zero-order valence-electron chi connectivity index (χ0n) is 16.8. The molecule has 0 aromatic heterocycles. The van der Waals surface area contributed by atoms with Crippen LogP contribution in [0, 0.1) is 0 Å². The third-order valence-electron chi connectivity index (χ3n) is 4.60. The quantitative estimate of drug-likeness (QED) is 0.559. The number of halogens is 2. The summed E-state index contributed by atoms with van der Waals surface area (Å²) < 4.78 is 6.52. The Hall–Kier alpha value is -2.05. The number of para-hydroxylation sites is 1. The van der Waals surface area contributed by atoms with Crippen LogP contribution in [0.5, 0.6) is 5.75 Å². The zero-order chi connectivity index (χ0) is 21.4. The number of benzene rings is 2. The molecule has 2 atom stereocenters. The molecule has 0 unspecified atom stereocenters. The lowest BCUT2D eigenvalue weighted by Crippen LogP contribution is -2.50. The molecule has 0 fully saturated rings. The third-order valence-corrected chi connectivity index (χ3v) is 5.40. The molecule has 0 radical (unpaired) electrons. The highest BCUT2D eigenvalue weighted by Crippen LogP contribution is 2.23. The Bertz CT molecular complexity index is 846. The van der Waals surface area contributed by atoms with Gasteiger partial charge in [-0.25, -0.2) is 0 Å². The summed E-state index contributed by atoms with van der Waals surface area (Å²) in [7, 11) is 0. The lowest BCUT2D eigenvalue weighted by atomic mass is 10.1. The van der Waals surface area contributed by atoms with Crippen LogP contribution in [0.3, 0.4) is 0 Å². The second-order valence-corrected chi connectivity index (χ2v) is 8.19. The standard InChI is InChI=1S/C22H26BrClN2O3/c1-4-15(2)25-22(28)16(3)26(13-17-8-7-9-18(23)12-17)21(27)14-29-20-11-6-5-10-19(20)24/h5-12,15-16H,4,13-14H2,1-3H3,(H,25,28)/t15-,16+/m1/s1. The van der Waals surface area contributed by atoms with Crippen molar-refractivity contribution in [2.24, 2.45) is 0 Å². The van der Waals surface area contributed by atoms with Gasteiger partial charge in [-0.05, 0) is 50.1 Å². The van der Waals surface area contributed by atoms with Crippen molar-refractivity contribution in [1.29, 1.82) is 0 Å². The molecule has 0 aliphatic heterocycles. The van der Waals surface area contributed by atoms with E-state index in [4.69, 9.17) is 16.3 Å². The van der Waals surface area contributed by atoms with Crippen LogP contribution in [0.4, 0.5) is 0 Å². The second kappa shape index (κ2) is 11.2. The first-order valence-electron chi connectivity index (χ1n) is 9.53. The van der Waals surface area contributed by atoms with Crippen molar-refractivity contribution in [3.8, 4) is 5.75 Å². The average molecular weight is 482 g/mol. The van der Waals surface area contributed by atoms with Crippen LogP contribution < -0.4 is 10.1 Å². The second-order valence-electron chi connectivity index (χ2n) is 6.86. The monoisotopic (exact) mass is 480 g/mol. The Morgan fingerprint density at radius 3 is 2.55 bits per heavy atom. The first-order valence-corrected chi connectivity index (χ1v) is 10.7. The van der Waals surface area contributed by atoms with Gasteiger partial charge in [0.25, 0.3) is 5.91 Å². The molecule has 0 bridgehead atoms. The maximum Gasteiger partial charge on any atom is 0.261 e. The van der Waals surface area contributed by atoms with Gasteiger partial charge < -0.3 is 15.0 Å². The molecule has 1 N–H and O–H groups in total. The predicted octanol–water partition coefficient (Wildman–Crippen LogP) is 4.81. The van der Waals surface area contributed by atoms with Crippen molar-refractivity contribution in [3.05, 3.63) is 63.6 Å². The van der Waals surface area contributed by atoms with Gasteiger partial charge >= 0.3 is 0 Å². The molecule has 0 spiro atoms. The van der Waals surface area contributed by atoms with Crippen molar-refractivity contribution in [2.45, 2.75) is 45.8 Å². The highest BCUT2D eigenvalue weighted by Gasteiger charge is 2.27. The van der Waals surface area contributed by atoms with Crippen LogP contribution in [-0.2, 0) is 16.1 Å². The summed E-state index contributed by atoms with van der Waals surface area (Å²) in [5, 5.41) is 3.37. The van der Waals surface area contributed by atoms with Gasteiger partial charge in [0.2, 0.25) is 5.91 Å². The Balaban J connectivity index is 2.17. The van der Waals surface area contributed by atoms with Crippen LogP contribution in [-0.4, -0.2) is 35.4 Å². The zero-order valence-corrected chi connectivity index (χ0v) is 19.2. The fraction of sp³-hybridized carbons (Fsp3) is 0.364. The minimum absolute atomic E-state index is 0.0344. The summed E-state index contributed by atoms with van der Waals surface area (Å²) in [5.41, 5.74) is 0.911. The fourth-order valence-electron chi connectivity index (χ4n) is 2.66. The van der Waals surface area contributed by atoms with Crippen LogP contribution in [0.2, 0.25) is 5.02 Å². The van der Waals surface area contributed by atoms with E-state index in [0.29, 0.717) is 17.3 Å². The molecule has 2 aromatic carbocycles. The van der Waals surface area contributed by atoms with Crippen LogP contribution in [0.25, 0.3) is 0 Å². The molecule has 0 heterocycles. The topological polar surface area (TPSA) is 58.6 Å². The van der Waals surface area contributed by atoms with Crippen LogP contribution in [0.1, 0.15) is 32.8 Å². The number of rotatable bonds is 9. The van der Waals surface area contributed by atoms with Gasteiger partial charge in [-0.2, -0.15) is 0 Å². The molecule has 0 saturated carbocycles. The van der Waals surface area contributed by atoms with E-state index in [1.54, 1.807) is 31.2 Å². The van der Waals surface area contributed by atoms with Crippen molar-refractivity contribution in [2.75, 3.05) is 6.61 Å². The lowest BCUT2D eigenvalue weighted by Gasteiger charge is -2.29. The highest BCUT2D eigenvalue weighted by atomic mass is 79.9. The largest absolute Gasteiger partial charge is 0.482 e. The normalized spacial score (nSPS) is 12.7. The van der Waals surface area contributed by atoms with E-state index in [-0.39, 0.29) is 24.5 Å². The van der Waals surface area contributed by atoms with Gasteiger partial charge in [0.05, 0.1) is 5.02 Å². The molecule has 0 aliphatic carbocycles. The van der Waals surface area contributed by atoms with Gasteiger partial charge in [0.15, 0.2) is 6.61 Å². The fourth-order valence-corrected chi connectivity index (χ4v) is 3.30. The van der Waals surface area contributed by atoms with Crippen molar-refractivity contribution in [1.82, 2.24) is 10.2 Å². The van der Waals surface area contributed by atoms with Crippen molar-refractivity contribution < 1.29 is 14.3 Å². The molecule has 2 aromatic rings. The molecule has 7 heteroatoms. The average Bonchev–Trinajstić information content (AvgIpc) is 2.70. The number of carbonyl (C=O) groups excluding carboxylic acids is 2. The maximum absolute atomic E-state index is 13.0. The molecular weight excluding hydrogens is 456 g/mol. The minimum atomic E-state index is -0.648. The van der Waals surface area contributed by atoms with Crippen molar-refractivity contribution >= 4 is 39.3 Å². The Morgan fingerprint density at radius 1 is 1.17 bits per heavy atom. The minimum Gasteiger partial charge on any atom is -0.482 e. The van der Waals surface area contributed by atoms with E-state index in [0.717, 1.165) is 16.5 Å². The molecular formula is C22H26BrClN2O3. The first-order chi connectivity index (χ1) is 13.8. The molecule has 5 nitrogen and oxygen atoms in total. The molecule has 0 aliphatic rings. The highest BCUT2D eigenvalue weighted by molar-refractivity contribution is 9.10. The number of nitrogens with one attached hydrogen (secondary N) is 1. The van der Waals surface area contributed by atoms with E-state index in [1.165, 1.54) is 4.90 Å². The van der Waals surface area contributed by atoms with E-state index in [2.05, 4.69) is 21.2 Å². The van der Waals surface area contributed by atoms with Gasteiger partial charge in [-0.1, -0.05) is 58.7 Å². The Kier molecular flexibility index (Phi) is 8.99. The van der Waals surface area contributed by atoms with Crippen LogP contribution >= 0.6 is 27.5 Å². The Morgan fingerprint density at radius 2 is 1.90 bits per heavy atom. The number of ether oxygens (including phenoxy) is 1. The smallest absolute Gasteiger partial charge is 0.261 e. The lowest BCUT2D eigenvalue weighted by molar-refractivity contribution is -0.142. The molecule has 2 rings (SSSR count). The summed E-state index contributed by atoms with van der Waals surface area (Å²) in [6.07, 6.45) is 0.813. The van der Waals surface area contributed by atoms with Crippen LogP contribution in [0.15, 0.2) is 53.0 Å². The number of amides is 2. The number of carbonyl (C=O) groups is 2. The molecule has 29 heavy (non-hydrogen) atoms. The van der Waals surface area contributed by atoms with Crippen molar-refractivity contribution in [3.63, 3.8) is 0 Å². The summed E-state index contributed by atoms with van der Waals surface area (Å²) in [6, 6.07) is 14.0. The molecule has 0 saturated heterocycles. The number of nitrogens with zero attached hydrogens (tertiary/aromatic N) is 1. The Labute approximate surface area is 185 Å². The summed E-state index contributed by atoms with van der Waals surface area (Å²) >= 11 is 9.55. The molecule has 2 amide bonds. The SMILES string of the molecule is CC[C@@H](C)NC(=O)[C@H](C)N(Cc1cccc(Br)c1)C(=O)COc1ccccc1Cl. The van der Waals surface area contributed by atoms with Gasteiger partial charge in [0.1, 0.15) is 11.8 Å². The number of hydrogen-bond acceptors (Lipinski definition) is 3. The summed E-state index contributed by atoms with van der Waals surface area (Å²) in [6.45, 7) is 5.74. The summed E-state index contributed by atoms with van der Waals surface area (Å²) in [4.78, 5) is 27.2.